The van der Waals surface area contributed by atoms with Gasteiger partial charge in [-0.25, -0.2) is 4.98 Å². The summed E-state index contributed by atoms with van der Waals surface area (Å²) in [6.45, 7) is 0. The van der Waals surface area contributed by atoms with Crippen molar-refractivity contribution in [2.45, 2.75) is 12.8 Å². The third kappa shape index (κ3) is 2.68. The number of benzene rings is 3. The number of hydrogen-bond donors (Lipinski definition) is 0. The molecule has 0 spiro atoms. The van der Waals surface area contributed by atoms with E-state index >= 15 is 0 Å². The lowest BCUT2D eigenvalue weighted by molar-refractivity contribution is 0.591. The van der Waals surface area contributed by atoms with E-state index in [0.717, 1.165) is 67.4 Å². The summed E-state index contributed by atoms with van der Waals surface area (Å²) in [7, 11) is -2.96. The molecular formula is C30H21N2OP. The molecule has 34 heavy (non-hydrogen) atoms. The zero-order valence-corrected chi connectivity index (χ0v) is 19.4. The fourth-order valence-electron chi connectivity index (χ4n) is 5.41. The van der Waals surface area contributed by atoms with Crippen LogP contribution in [-0.4, -0.2) is 9.97 Å². The van der Waals surface area contributed by atoms with Crippen LogP contribution in [0.15, 0.2) is 109 Å². The van der Waals surface area contributed by atoms with Gasteiger partial charge >= 0.3 is 0 Å². The van der Waals surface area contributed by atoms with Crippen molar-refractivity contribution in [2.24, 2.45) is 0 Å². The van der Waals surface area contributed by atoms with Gasteiger partial charge in [0, 0.05) is 44.0 Å². The van der Waals surface area contributed by atoms with Crippen molar-refractivity contribution in [3.05, 3.63) is 114 Å². The van der Waals surface area contributed by atoms with E-state index in [-0.39, 0.29) is 0 Å². The Kier molecular flexibility index (Phi) is 4.24. The molecule has 7 rings (SSSR count). The first kappa shape index (κ1) is 19.6. The first-order chi connectivity index (χ1) is 16.7. The summed E-state index contributed by atoms with van der Waals surface area (Å²) in [5.74, 6) is 0. The van der Waals surface area contributed by atoms with Crippen molar-refractivity contribution in [3.63, 3.8) is 0 Å². The van der Waals surface area contributed by atoms with Gasteiger partial charge in [0.25, 0.3) is 0 Å². The molecule has 3 aromatic carbocycles. The third-order valence-electron chi connectivity index (χ3n) is 6.99. The number of fused-ring (bicyclic) bond motifs is 6. The average Bonchev–Trinajstić information content (AvgIpc) is 3.19. The minimum atomic E-state index is -2.96. The van der Waals surface area contributed by atoms with Gasteiger partial charge in [0.15, 0.2) is 7.14 Å². The molecule has 1 atom stereocenters. The molecule has 3 heterocycles. The minimum absolute atomic E-state index is 0.862. The largest absolute Gasteiger partial charge is 0.309 e. The third-order valence-corrected chi connectivity index (χ3v) is 10.1. The van der Waals surface area contributed by atoms with Crippen LogP contribution in [0.4, 0.5) is 0 Å². The number of pyridine rings is 2. The Hall–Kier alpha value is -3.81. The van der Waals surface area contributed by atoms with Crippen molar-refractivity contribution in [2.75, 3.05) is 0 Å². The Morgan fingerprint density at radius 3 is 2.38 bits per heavy atom. The second kappa shape index (κ2) is 7.35. The molecule has 4 heteroatoms. The summed E-state index contributed by atoms with van der Waals surface area (Å²) in [5, 5.41) is 4.81. The Balaban J connectivity index is 1.54. The fourth-order valence-corrected chi connectivity index (χ4v) is 8.52. The summed E-state index contributed by atoms with van der Waals surface area (Å²) in [4.78, 5) is 9.95. The number of rotatable bonds is 2. The van der Waals surface area contributed by atoms with Crippen molar-refractivity contribution in [1.82, 2.24) is 9.97 Å². The lowest BCUT2D eigenvalue weighted by Gasteiger charge is -2.17. The molecule has 0 saturated carbocycles. The maximum atomic E-state index is 14.8. The van der Waals surface area contributed by atoms with Crippen LogP contribution in [0.25, 0.3) is 38.6 Å². The van der Waals surface area contributed by atoms with Crippen molar-refractivity contribution in [3.8, 4) is 11.3 Å². The van der Waals surface area contributed by atoms with Crippen LogP contribution in [0.2, 0.25) is 0 Å². The molecule has 2 aromatic heterocycles. The van der Waals surface area contributed by atoms with E-state index in [1.54, 1.807) is 0 Å². The predicted octanol–water partition coefficient (Wildman–Crippen LogP) is 6.84. The molecule has 1 aliphatic heterocycles. The van der Waals surface area contributed by atoms with Gasteiger partial charge in [0.1, 0.15) is 0 Å². The summed E-state index contributed by atoms with van der Waals surface area (Å²) in [6, 6.07) is 28.5. The molecule has 0 saturated heterocycles. The van der Waals surface area contributed by atoms with Crippen LogP contribution >= 0.6 is 7.14 Å². The van der Waals surface area contributed by atoms with E-state index in [9.17, 15) is 4.57 Å². The summed E-state index contributed by atoms with van der Waals surface area (Å²) >= 11 is 0. The van der Waals surface area contributed by atoms with Gasteiger partial charge in [0.2, 0.25) is 0 Å². The van der Waals surface area contributed by atoms with Crippen LogP contribution in [0.5, 0.6) is 0 Å². The molecule has 0 bridgehead atoms. The van der Waals surface area contributed by atoms with E-state index < -0.39 is 7.14 Å². The zero-order chi connectivity index (χ0) is 22.7. The highest BCUT2D eigenvalue weighted by atomic mass is 31.2. The zero-order valence-electron chi connectivity index (χ0n) is 18.5. The molecule has 0 radical (unpaired) electrons. The monoisotopic (exact) mass is 456 g/mol. The molecule has 0 N–H and O–H groups in total. The van der Waals surface area contributed by atoms with Crippen LogP contribution < -0.4 is 10.6 Å². The first-order valence-electron chi connectivity index (χ1n) is 11.6. The Morgan fingerprint density at radius 2 is 1.56 bits per heavy atom. The highest BCUT2D eigenvalue weighted by Gasteiger charge is 2.42. The molecule has 3 nitrogen and oxygen atoms in total. The maximum absolute atomic E-state index is 14.8. The summed E-state index contributed by atoms with van der Waals surface area (Å²) < 4.78 is 14.8. The molecule has 0 amide bonds. The van der Waals surface area contributed by atoms with E-state index in [1.165, 1.54) is 5.57 Å². The van der Waals surface area contributed by atoms with Crippen LogP contribution in [0.3, 0.4) is 0 Å². The van der Waals surface area contributed by atoms with E-state index in [4.69, 9.17) is 9.97 Å². The van der Waals surface area contributed by atoms with E-state index in [0.29, 0.717) is 0 Å². The normalized spacial score (nSPS) is 18.9. The smallest absolute Gasteiger partial charge is 0.173 e. The standard InChI is InChI=1S/C30H21N2OP/c33-34(22-11-5-2-6-12-22)26-14-8-7-13-23(26)28-24-17-15-21-16-18-25(20-9-3-1-4-10-20)32-29(21)30(24)31-19-27(28)34/h1-6,8-12,14-19H,7,13H2. The van der Waals surface area contributed by atoms with E-state index in [2.05, 4.69) is 48.6 Å². The molecule has 5 aromatic rings. The minimum Gasteiger partial charge on any atom is -0.309 e. The Labute approximate surface area is 197 Å². The van der Waals surface area contributed by atoms with Gasteiger partial charge in [-0.2, -0.15) is 0 Å². The molecule has 0 fully saturated rings. The number of hydrogen-bond acceptors (Lipinski definition) is 3. The second-order valence-corrected chi connectivity index (χ2v) is 11.6. The first-order valence-corrected chi connectivity index (χ1v) is 13.3. The van der Waals surface area contributed by atoms with Gasteiger partial charge < -0.3 is 4.57 Å². The van der Waals surface area contributed by atoms with Gasteiger partial charge in [-0.1, -0.05) is 91.0 Å². The lowest BCUT2D eigenvalue weighted by atomic mass is 9.94. The Morgan fingerprint density at radius 1 is 0.794 bits per heavy atom. The quantitative estimate of drug-likeness (QED) is 0.216. The molecule has 2 aliphatic rings. The van der Waals surface area contributed by atoms with Crippen molar-refractivity contribution < 1.29 is 4.57 Å². The highest BCUT2D eigenvalue weighted by molar-refractivity contribution is 7.83. The van der Waals surface area contributed by atoms with Crippen LogP contribution in [0.1, 0.15) is 18.4 Å². The summed E-state index contributed by atoms with van der Waals surface area (Å²) in [6.07, 6.45) is 7.95. The van der Waals surface area contributed by atoms with Gasteiger partial charge in [-0.15, -0.1) is 0 Å². The predicted molar refractivity (Wildman–Crippen MR) is 141 cm³/mol. The number of allylic oxidation sites excluding steroid dienone is 4. The van der Waals surface area contributed by atoms with Gasteiger partial charge in [0.05, 0.1) is 16.7 Å². The number of nitrogens with zero attached hydrogens (tertiary/aromatic N) is 2. The molecule has 1 unspecified atom stereocenters. The average molecular weight is 456 g/mol. The van der Waals surface area contributed by atoms with Gasteiger partial charge in [-0.05, 0) is 24.5 Å². The van der Waals surface area contributed by atoms with Crippen molar-refractivity contribution >= 4 is 45.1 Å². The molecule has 1 aliphatic carbocycles. The topological polar surface area (TPSA) is 42.9 Å². The fraction of sp³-hybridized carbons (Fsp3) is 0.0667. The SMILES string of the molecule is O=P1(c2ccccc2)C2=C(CCC=C2)c2c1cnc1c2ccc2ccc(-c3ccccc3)nc21. The van der Waals surface area contributed by atoms with Crippen LogP contribution in [-0.2, 0) is 4.57 Å². The Bertz CT molecular complexity index is 1720. The van der Waals surface area contributed by atoms with Crippen molar-refractivity contribution in [1.29, 1.82) is 0 Å². The molecule has 162 valence electrons. The number of aromatic nitrogens is 2. The van der Waals surface area contributed by atoms with Gasteiger partial charge in [-0.3, -0.25) is 4.98 Å². The maximum Gasteiger partial charge on any atom is 0.173 e. The summed E-state index contributed by atoms with van der Waals surface area (Å²) in [5.41, 5.74) is 6.08. The van der Waals surface area contributed by atoms with E-state index in [1.807, 2.05) is 54.7 Å². The molecular weight excluding hydrogens is 435 g/mol. The second-order valence-electron chi connectivity index (χ2n) is 8.86. The highest BCUT2D eigenvalue weighted by Crippen LogP contribution is 2.62. The van der Waals surface area contributed by atoms with Crippen LogP contribution in [0, 0.1) is 0 Å². The lowest BCUT2D eigenvalue weighted by Crippen LogP contribution is -2.16.